The van der Waals surface area contributed by atoms with Crippen molar-refractivity contribution in [3.63, 3.8) is 0 Å². The molecule has 1 aromatic carbocycles. The summed E-state index contributed by atoms with van der Waals surface area (Å²) in [5.41, 5.74) is -0.251. The van der Waals surface area contributed by atoms with E-state index in [0.29, 0.717) is 24.0 Å². The normalized spacial score (nSPS) is 11.8. The summed E-state index contributed by atoms with van der Waals surface area (Å²) in [6, 6.07) is 5.07. The number of hydrogen-bond acceptors (Lipinski definition) is 2. The highest BCUT2D eigenvalue weighted by Crippen LogP contribution is 2.29. The minimum absolute atomic E-state index is 0. The summed E-state index contributed by atoms with van der Waals surface area (Å²) < 4.78 is 38.4. The van der Waals surface area contributed by atoms with Gasteiger partial charge in [-0.05, 0) is 30.0 Å². The van der Waals surface area contributed by atoms with Crippen molar-refractivity contribution in [1.29, 1.82) is 0 Å². The number of guanidine groups is 1. The fourth-order valence-corrected chi connectivity index (χ4v) is 1.99. The molecule has 0 heterocycles. The van der Waals surface area contributed by atoms with Gasteiger partial charge in [0.2, 0.25) is 5.91 Å². The van der Waals surface area contributed by atoms with Crippen molar-refractivity contribution in [3.8, 4) is 0 Å². The van der Waals surface area contributed by atoms with E-state index in [1.165, 1.54) is 11.0 Å². The van der Waals surface area contributed by atoms with Gasteiger partial charge in [0.25, 0.3) is 0 Å². The summed E-state index contributed by atoms with van der Waals surface area (Å²) in [5.74, 6) is 0.774. The molecule has 0 unspecified atom stereocenters. The van der Waals surface area contributed by atoms with Gasteiger partial charge in [-0.1, -0.05) is 26.0 Å². The third-order valence-electron chi connectivity index (χ3n) is 3.59. The van der Waals surface area contributed by atoms with Crippen LogP contribution in [0.25, 0.3) is 0 Å². The number of benzene rings is 1. The lowest BCUT2D eigenvalue weighted by atomic mass is 10.1. The predicted octanol–water partition coefficient (Wildman–Crippen LogP) is 3.49. The van der Waals surface area contributed by atoms with Gasteiger partial charge >= 0.3 is 6.18 Å². The smallest absolute Gasteiger partial charge is 0.356 e. The molecule has 1 rings (SSSR count). The molecule has 0 aliphatic heterocycles. The number of carbonyl (C=O) groups excluding carboxylic acids is 1. The van der Waals surface area contributed by atoms with Crippen LogP contribution in [0, 0.1) is 5.92 Å². The van der Waals surface area contributed by atoms with Crippen LogP contribution in [0.15, 0.2) is 29.3 Å². The van der Waals surface area contributed by atoms with Crippen LogP contribution in [0.2, 0.25) is 0 Å². The van der Waals surface area contributed by atoms with Gasteiger partial charge in [0.1, 0.15) is 0 Å². The number of likely N-dealkylation sites (N-methyl/N-ethyl adjacent to an activating group) is 1. The largest absolute Gasteiger partial charge is 0.416 e. The molecule has 1 aromatic rings. The summed E-state index contributed by atoms with van der Waals surface area (Å²) >= 11 is 0. The molecule has 154 valence electrons. The van der Waals surface area contributed by atoms with Crippen molar-refractivity contribution >= 4 is 35.8 Å². The number of nitrogens with one attached hydrogen (secondary N) is 2. The van der Waals surface area contributed by atoms with E-state index >= 15 is 0 Å². The average Bonchev–Trinajstić information content (AvgIpc) is 2.55. The van der Waals surface area contributed by atoms with Crippen molar-refractivity contribution in [2.45, 2.75) is 33.0 Å². The van der Waals surface area contributed by atoms with Gasteiger partial charge in [0.15, 0.2) is 5.96 Å². The molecule has 0 aromatic heterocycles. The fraction of sp³-hybridized carbons (Fsp3) is 0.556. The highest BCUT2D eigenvalue weighted by Gasteiger charge is 2.30. The van der Waals surface area contributed by atoms with Gasteiger partial charge in [-0.3, -0.25) is 4.79 Å². The Morgan fingerprint density at radius 2 is 1.89 bits per heavy atom. The third-order valence-corrected chi connectivity index (χ3v) is 3.59. The van der Waals surface area contributed by atoms with E-state index in [4.69, 9.17) is 0 Å². The van der Waals surface area contributed by atoms with Crippen molar-refractivity contribution in [2.75, 3.05) is 27.2 Å². The minimum atomic E-state index is -4.38. The Bertz CT molecular complexity index is 619. The zero-order chi connectivity index (χ0) is 19.7. The molecule has 2 N–H and O–H groups in total. The van der Waals surface area contributed by atoms with Gasteiger partial charge in [-0.15, -0.1) is 24.0 Å². The number of nitrogens with zero attached hydrogens (tertiary/aromatic N) is 2. The maximum atomic E-state index is 12.8. The van der Waals surface area contributed by atoms with Gasteiger partial charge in [0.05, 0.1) is 18.7 Å². The molecular weight excluding hydrogens is 472 g/mol. The number of hydrogen-bond donors (Lipinski definition) is 2. The molecule has 9 heteroatoms. The van der Waals surface area contributed by atoms with E-state index in [-0.39, 0.29) is 43.0 Å². The Labute approximate surface area is 175 Å². The van der Waals surface area contributed by atoms with Crippen LogP contribution in [0.4, 0.5) is 13.2 Å². The first-order chi connectivity index (χ1) is 12.1. The zero-order valence-electron chi connectivity index (χ0n) is 16.1. The second-order valence-electron chi connectivity index (χ2n) is 6.61. The molecule has 0 aliphatic carbocycles. The first kappa shape index (κ1) is 25.5. The van der Waals surface area contributed by atoms with Crippen LogP contribution in [0.3, 0.4) is 0 Å². The molecule has 0 spiro atoms. The van der Waals surface area contributed by atoms with Crippen LogP contribution in [0.5, 0.6) is 0 Å². The van der Waals surface area contributed by atoms with Crippen molar-refractivity contribution in [1.82, 2.24) is 15.5 Å². The van der Waals surface area contributed by atoms with Gasteiger partial charge < -0.3 is 15.5 Å². The standard InChI is InChI=1S/C18H27F3N4O.HI/c1-13(2)8-9-22-17(24-12-16(26)25(3)4)23-11-14-6-5-7-15(10-14)18(19,20)21;/h5-7,10,13H,8-9,11-12H2,1-4H3,(H2,22,23,24);1H. The molecule has 0 radical (unpaired) electrons. The van der Waals surface area contributed by atoms with Crippen molar-refractivity contribution in [2.24, 2.45) is 10.9 Å². The summed E-state index contributed by atoms with van der Waals surface area (Å²) in [6.45, 7) is 4.97. The fourth-order valence-electron chi connectivity index (χ4n) is 1.99. The van der Waals surface area contributed by atoms with Gasteiger partial charge in [-0.25, -0.2) is 4.99 Å². The second kappa shape index (κ2) is 12.0. The van der Waals surface area contributed by atoms with E-state index < -0.39 is 11.7 Å². The number of rotatable bonds is 7. The Hall–Kier alpha value is -1.52. The maximum absolute atomic E-state index is 12.8. The lowest BCUT2D eigenvalue weighted by Gasteiger charge is -2.15. The summed E-state index contributed by atoms with van der Waals surface area (Å²) in [5, 5.41) is 6.02. The number of alkyl halides is 3. The number of halogens is 4. The zero-order valence-corrected chi connectivity index (χ0v) is 18.4. The van der Waals surface area contributed by atoms with Crippen LogP contribution in [-0.4, -0.2) is 44.0 Å². The lowest BCUT2D eigenvalue weighted by Crippen LogP contribution is -2.43. The third kappa shape index (κ3) is 10.4. The van der Waals surface area contributed by atoms with E-state index in [9.17, 15) is 18.0 Å². The van der Waals surface area contributed by atoms with Crippen LogP contribution >= 0.6 is 24.0 Å². The first-order valence-corrected chi connectivity index (χ1v) is 8.48. The number of carbonyl (C=O) groups is 1. The summed E-state index contributed by atoms with van der Waals surface area (Å²) in [4.78, 5) is 17.5. The molecule has 0 aliphatic rings. The number of amides is 1. The van der Waals surface area contributed by atoms with E-state index in [0.717, 1.165) is 18.6 Å². The minimum Gasteiger partial charge on any atom is -0.356 e. The second-order valence-corrected chi connectivity index (χ2v) is 6.61. The van der Waals surface area contributed by atoms with E-state index in [2.05, 4.69) is 29.5 Å². The number of aliphatic imine (C=N–C) groups is 1. The van der Waals surface area contributed by atoms with E-state index in [1.807, 2.05) is 0 Å². The molecule has 0 saturated carbocycles. The Balaban J connectivity index is 0.00000676. The molecule has 27 heavy (non-hydrogen) atoms. The topological polar surface area (TPSA) is 56.7 Å². The van der Waals surface area contributed by atoms with E-state index in [1.54, 1.807) is 20.2 Å². The lowest BCUT2D eigenvalue weighted by molar-refractivity contribution is -0.137. The molecule has 0 atom stereocenters. The molecule has 0 saturated heterocycles. The molecule has 5 nitrogen and oxygen atoms in total. The van der Waals surface area contributed by atoms with Gasteiger partial charge in [0, 0.05) is 20.6 Å². The molecular formula is C18H28F3IN4O. The van der Waals surface area contributed by atoms with Crippen LogP contribution in [0.1, 0.15) is 31.4 Å². The molecule has 0 bridgehead atoms. The highest BCUT2D eigenvalue weighted by molar-refractivity contribution is 14.0. The Morgan fingerprint density at radius 1 is 1.22 bits per heavy atom. The average molecular weight is 500 g/mol. The van der Waals surface area contributed by atoms with Gasteiger partial charge in [-0.2, -0.15) is 13.2 Å². The molecule has 1 amide bonds. The Morgan fingerprint density at radius 3 is 2.44 bits per heavy atom. The molecule has 0 fully saturated rings. The Kier molecular flexibility index (Phi) is 11.4. The summed E-state index contributed by atoms with van der Waals surface area (Å²) in [6.07, 6.45) is -3.47. The SMILES string of the molecule is CC(C)CCNC(=NCc1cccc(C(F)(F)F)c1)NCC(=O)N(C)C.I. The van der Waals surface area contributed by atoms with Crippen molar-refractivity contribution in [3.05, 3.63) is 35.4 Å². The maximum Gasteiger partial charge on any atom is 0.416 e. The van der Waals surface area contributed by atoms with Crippen LogP contribution in [-0.2, 0) is 17.5 Å². The highest BCUT2D eigenvalue weighted by atomic mass is 127. The predicted molar refractivity (Wildman–Crippen MR) is 112 cm³/mol. The monoisotopic (exact) mass is 500 g/mol. The van der Waals surface area contributed by atoms with Crippen LogP contribution < -0.4 is 10.6 Å². The quantitative estimate of drug-likeness (QED) is 0.343. The first-order valence-electron chi connectivity index (χ1n) is 8.48. The van der Waals surface area contributed by atoms with Crippen molar-refractivity contribution < 1.29 is 18.0 Å². The summed E-state index contributed by atoms with van der Waals surface area (Å²) in [7, 11) is 3.30.